The van der Waals surface area contributed by atoms with Crippen molar-refractivity contribution in [1.82, 2.24) is 14.3 Å². The Morgan fingerprint density at radius 1 is 1.52 bits per heavy atom. The minimum absolute atomic E-state index is 0.131. The molecule has 0 aromatic carbocycles. The fourth-order valence-electron chi connectivity index (χ4n) is 2.77. The molecular formula is C15H17N3O5S2. The maximum absolute atomic E-state index is 12.4. The SMILES string of the molecule is COC1CC(C(=O)O)N(C(=O)CSCc2cc(=O)n3ccsc3n2)C1. The highest BCUT2D eigenvalue weighted by atomic mass is 32.2. The van der Waals surface area contributed by atoms with E-state index in [0.717, 1.165) is 0 Å². The van der Waals surface area contributed by atoms with Crippen molar-refractivity contribution in [1.29, 1.82) is 0 Å². The summed E-state index contributed by atoms with van der Waals surface area (Å²) in [7, 11) is 1.51. The van der Waals surface area contributed by atoms with Crippen molar-refractivity contribution in [2.45, 2.75) is 24.3 Å². The lowest BCUT2D eigenvalue weighted by Gasteiger charge is -2.20. The molecule has 0 saturated carbocycles. The van der Waals surface area contributed by atoms with E-state index in [1.807, 2.05) is 0 Å². The largest absolute Gasteiger partial charge is 0.480 e. The van der Waals surface area contributed by atoms with Gasteiger partial charge in [0.2, 0.25) is 5.91 Å². The quantitative estimate of drug-likeness (QED) is 0.783. The number of nitrogens with zero attached hydrogens (tertiary/aromatic N) is 3. The number of carbonyl (C=O) groups excluding carboxylic acids is 1. The number of carbonyl (C=O) groups is 2. The highest BCUT2D eigenvalue weighted by Gasteiger charge is 2.39. The van der Waals surface area contributed by atoms with Crippen molar-refractivity contribution in [3.05, 3.63) is 33.7 Å². The zero-order chi connectivity index (χ0) is 18.0. The van der Waals surface area contributed by atoms with Crippen molar-refractivity contribution >= 4 is 39.9 Å². The van der Waals surface area contributed by atoms with Crippen molar-refractivity contribution < 1.29 is 19.4 Å². The minimum atomic E-state index is -1.02. The van der Waals surface area contributed by atoms with Gasteiger partial charge in [0.05, 0.1) is 17.6 Å². The molecule has 25 heavy (non-hydrogen) atoms. The van der Waals surface area contributed by atoms with Crippen LogP contribution in [0, 0.1) is 0 Å². The van der Waals surface area contributed by atoms with E-state index in [2.05, 4.69) is 4.98 Å². The summed E-state index contributed by atoms with van der Waals surface area (Å²) >= 11 is 2.68. The molecule has 1 fully saturated rings. The number of carboxylic acid groups (broad SMARTS) is 1. The Bertz CT molecular complexity index is 849. The van der Waals surface area contributed by atoms with Crippen LogP contribution in [0.2, 0.25) is 0 Å². The second-order valence-corrected chi connectivity index (χ2v) is 7.49. The Kier molecular flexibility index (Phi) is 5.40. The molecule has 0 radical (unpaired) electrons. The van der Waals surface area contributed by atoms with Crippen molar-refractivity contribution in [3.63, 3.8) is 0 Å². The normalized spacial score (nSPS) is 20.3. The van der Waals surface area contributed by atoms with Crippen LogP contribution in [0.15, 0.2) is 22.4 Å². The lowest BCUT2D eigenvalue weighted by atomic mass is 10.2. The first-order chi connectivity index (χ1) is 12.0. The molecule has 2 unspecified atom stereocenters. The summed E-state index contributed by atoms with van der Waals surface area (Å²) < 4.78 is 6.65. The van der Waals surface area contributed by atoms with Crippen LogP contribution >= 0.6 is 23.1 Å². The van der Waals surface area contributed by atoms with Crippen LogP contribution in [0.3, 0.4) is 0 Å². The van der Waals surface area contributed by atoms with Gasteiger partial charge in [-0.3, -0.25) is 14.0 Å². The van der Waals surface area contributed by atoms with Crippen molar-refractivity contribution in [2.24, 2.45) is 0 Å². The number of amides is 1. The summed E-state index contributed by atoms with van der Waals surface area (Å²) in [6.45, 7) is 0.285. The van der Waals surface area contributed by atoms with Crippen LogP contribution < -0.4 is 5.56 Å². The predicted octanol–water partition coefficient (Wildman–Crippen LogP) is 0.690. The lowest BCUT2D eigenvalue weighted by molar-refractivity contribution is -0.147. The number of rotatable bonds is 6. The predicted molar refractivity (Wildman–Crippen MR) is 94.1 cm³/mol. The topological polar surface area (TPSA) is 101 Å². The third kappa shape index (κ3) is 3.86. The number of fused-ring (bicyclic) bond motifs is 1. The fourth-order valence-corrected chi connectivity index (χ4v) is 4.30. The Morgan fingerprint density at radius 3 is 3.04 bits per heavy atom. The van der Waals surface area contributed by atoms with E-state index in [1.54, 1.807) is 11.6 Å². The van der Waals surface area contributed by atoms with E-state index in [4.69, 9.17) is 4.74 Å². The Balaban J connectivity index is 1.59. The van der Waals surface area contributed by atoms with Gasteiger partial charge in [0.25, 0.3) is 5.56 Å². The van der Waals surface area contributed by atoms with Crippen LogP contribution in [0.4, 0.5) is 0 Å². The summed E-state index contributed by atoms with van der Waals surface area (Å²) in [5.41, 5.74) is 0.456. The molecule has 1 N–H and O–H groups in total. The molecule has 2 atom stereocenters. The maximum atomic E-state index is 12.4. The van der Waals surface area contributed by atoms with Crippen LogP contribution in [0.1, 0.15) is 12.1 Å². The Morgan fingerprint density at radius 2 is 2.32 bits per heavy atom. The number of thiazole rings is 1. The highest BCUT2D eigenvalue weighted by Crippen LogP contribution is 2.22. The number of hydrogen-bond acceptors (Lipinski definition) is 7. The molecule has 2 aromatic heterocycles. The van der Waals surface area contributed by atoms with Crippen LogP contribution in [0.25, 0.3) is 4.96 Å². The second kappa shape index (κ2) is 7.54. The van der Waals surface area contributed by atoms with Crippen LogP contribution in [-0.4, -0.2) is 62.8 Å². The van der Waals surface area contributed by atoms with E-state index < -0.39 is 12.0 Å². The molecule has 0 bridgehead atoms. The number of ether oxygens (including phenoxy) is 1. The van der Waals surface area contributed by atoms with Gasteiger partial charge in [0.1, 0.15) is 6.04 Å². The van der Waals surface area contributed by atoms with Gasteiger partial charge >= 0.3 is 5.97 Å². The third-order valence-corrected chi connectivity index (χ3v) is 5.74. The van der Waals surface area contributed by atoms with E-state index in [-0.39, 0.29) is 29.9 Å². The molecular weight excluding hydrogens is 366 g/mol. The van der Waals surface area contributed by atoms with Gasteiger partial charge in [0.15, 0.2) is 4.96 Å². The van der Waals surface area contributed by atoms with E-state index >= 15 is 0 Å². The maximum Gasteiger partial charge on any atom is 0.326 e. The van der Waals surface area contributed by atoms with E-state index in [1.165, 1.54) is 45.6 Å². The molecule has 10 heteroatoms. The van der Waals surface area contributed by atoms with Crippen LogP contribution in [-0.2, 0) is 20.1 Å². The van der Waals surface area contributed by atoms with Gasteiger partial charge in [-0.05, 0) is 0 Å². The summed E-state index contributed by atoms with van der Waals surface area (Å²) in [4.78, 5) is 41.9. The molecule has 1 aliphatic heterocycles. The van der Waals surface area contributed by atoms with Gasteiger partial charge in [0, 0.05) is 43.5 Å². The summed E-state index contributed by atoms with van der Waals surface area (Å²) in [6.07, 6.45) is 1.72. The first kappa shape index (κ1) is 17.9. The lowest BCUT2D eigenvalue weighted by Crippen LogP contribution is -2.41. The zero-order valence-electron chi connectivity index (χ0n) is 13.5. The summed E-state index contributed by atoms with van der Waals surface area (Å²) in [6, 6.07) is 0.608. The van der Waals surface area contributed by atoms with Crippen molar-refractivity contribution in [2.75, 3.05) is 19.4 Å². The summed E-state index contributed by atoms with van der Waals surface area (Å²) in [5.74, 6) is -0.720. The number of aromatic nitrogens is 2. The fraction of sp³-hybridized carbons (Fsp3) is 0.467. The molecule has 1 amide bonds. The molecule has 1 aliphatic rings. The molecule has 2 aromatic rings. The van der Waals surface area contributed by atoms with Gasteiger partial charge in [-0.2, -0.15) is 0 Å². The molecule has 0 spiro atoms. The van der Waals surface area contributed by atoms with E-state index in [9.17, 15) is 19.5 Å². The van der Waals surface area contributed by atoms with E-state index in [0.29, 0.717) is 22.8 Å². The molecule has 3 heterocycles. The second-order valence-electron chi connectivity index (χ2n) is 5.63. The number of hydrogen-bond donors (Lipinski definition) is 1. The number of methoxy groups -OCH3 is 1. The Labute approximate surface area is 151 Å². The molecule has 0 aliphatic carbocycles. The summed E-state index contributed by atoms with van der Waals surface area (Å²) in [5, 5.41) is 11.0. The van der Waals surface area contributed by atoms with Crippen molar-refractivity contribution in [3.8, 4) is 0 Å². The number of thioether (sulfide) groups is 1. The average Bonchev–Trinajstić information content (AvgIpc) is 3.21. The van der Waals surface area contributed by atoms with Crippen LogP contribution in [0.5, 0.6) is 0 Å². The molecule has 1 saturated heterocycles. The van der Waals surface area contributed by atoms with Gasteiger partial charge in [-0.25, -0.2) is 9.78 Å². The minimum Gasteiger partial charge on any atom is -0.480 e. The van der Waals surface area contributed by atoms with Gasteiger partial charge < -0.3 is 14.7 Å². The molecule has 134 valence electrons. The van der Waals surface area contributed by atoms with Gasteiger partial charge in [-0.1, -0.05) is 0 Å². The smallest absolute Gasteiger partial charge is 0.326 e. The standard InChI is InChI=1S/C15H17N3O5S2/c1-23-10-5-11(14(21)22)18(6-10)13(20)8-24-7-9-4-12(19)17-2-3-25-15(17)16-9/h2-4,10-11H,5-8H2,1H3,(H,21,22). The number of carboxylic acids is 1. The number of aliphatic carboxylic acids is 1. The first-order valence-electron chi connectivity index (χ1n) is 7.58. The zero-order valence-corrected chi connectivity index (χ0v) is 15.1. The monoisotopic (exact) mass is 383 g/mol. The average molecular weight is 383 g/mol. The molecule has 8 nitrogen and oxygen atoms in total. The Hall–Kier alpha value is -1.91. The third-order valence-electron chi connectivity index (χ3n) is 4.03. The highest BCUT2D eigenvalue weighted by molar-refractivity contribution is 7.99. The first-order valence-corrected chi connectivity index (χ1v) is 9.61. The van der Waals surface area contributed by atoms with Gasteiger partial charge in [-0.15, -0.1) is 23.1 Å². The molecule has 3 rings (SSSR count). The number of likely N-dealkylation sites (tertiary alicyclic amines) is 1.